The van der Waals surface area contributed by atoms with Gasteiger partial charge in [0.15, 0.2) is 5.78 Å². The summed E-state index contributed by atoms with van der Waals surface area (Å²) in [5.41, 5.74) is -0.0441. The quantitative estimate of drug-likeness (QED) is 0.550. The Morgan fingerprint density at radius 3 is 2.65 bits per heavy atom. The van der Waals surface area contributed by atoms with Crippen molar-refractivity contribution >= 4 is 11.7 Å². The molecule has 0 aromatic heterocycles. The maximum Gasteiger partial charge on any atom is 0.261 e. The Kier molecular flexibility index (Phi) is 4.81. The number of unbranched alkanes of at least 4 members (excludes halogenated alkanes) is 4. The fourth-order valence-electron chi connectivity index (χ4n) is 2.99. The highest BCUT2D eigenvalue weighted by atomic mass is 16.3. The number of fused-ring (bicyclic) bond motifs is 1. The molecule has 1 fully saturated rings. The minimum atomic E-state index is -0.600. The van der Waals surface area contributed by atoms with Crippen LogP contribution in [-0.4, -0.2) is 45.5 Å². The number of ketones is 1. The Morgan fingerprint density at radius 2 is 2.00 bits per heavy atom. The van der Waals surface area contributed by atoms with Gasteiger partial charge in [0, 0.05) is 19.4 Å². The van der Waals surface area contributed by atoms with E-state index in [9.17, 15) is 19.8 Å². The van der Waals surface area contributed by atoms with E-state index in [1.165, 1.54) is 4.90 Å². The van der Waals surface area contributed by atoms with Crippen LogP contribution in [0, 0.1) is 0 Å². The van der Waals surface area contributed by atoms with Gasteiger partial charge in [0.25, 0.3) is 5.91 Å². The van der Waals surface area contributed by atoms with Crippen molar-refractivity contribution < 1.29 is 19.8 Å². The number of aliphatic hydroxyl groups excluding tert-OH is 2. The normalized spacial score (nSPS) is 25.5. The first-order valence-electron chi connectivity index (χ1n) is 7.51. The lowest BCUT2D eigenvalue weighted by Crippen LogP contribution is -2.31. The molecule has 2 atom stereocenters. The summed E-state index contributed by atoms with van der Waals surface area (Å²) in [4.78, 5) is 25.6. The second-order valence-electron chi connectivity index (χ2n) is 5.71. The summed E-state index contributed by atoms with van der Waals surface area (Å²) in [5.74, 6) is -0.805. The highest BCUT2D eigenvalue weighted by molar-refractivity contribution is 6.21. The molecule has 112 valence electrons. The Hall–Kier alpha value is -1.36. The van der Waals surface area contributed by atoms with Crippen molar-refractivity contribution in [3.63, 3.8) is 0 Å². The van der Waals surface area contributed by atoms with Crippen molar-refractivity contribution in [3.8, 4) is 0 Å². The molecule has 0 spiro atoms. The van der Waals surface area contributed by atoms with Crippen molar-refractivity contribution in [1.82, 2.24) is 4.90 Å². The van der Waals surface area contributed by atoms with Gasteiger partial charge in [-0.15, -0.1) is 0 Å². The first-order valence-corrected chi connectivity index (χ1v) is 7.51. The lowest BCUT2D eigenvalue weighted by Gasteiger charge is -2.14. The van der Waals surface area contributed by atoms with Gasteiger partial charge in [-0.05, 0) is 6.42 Å². The minimum absolute atomic E-state index is 0.0441. The zero-order valence-electron chi connectivity index (χ0n) is 12.0. The lowest BCUT2D eigenvalue weighted by molar-refractivity contribution is -0.128. The fraction of sp³-hybridized carbons (Fsp3) is 0.733. The molecule has 2 N–H and O–H groups in total. The predicted molar refractivity (Wildman–Crippen MR) is 74.2 cm³/mol. The zero-order valence-corrected chi connectivity index (χ0v) is 12.0. The number of Topliss-reactive ketones (excluding diaryl/α,β-unsaturated/α-hetero) is 1. The van der Waals surface area contributed by atoms with Crippen molar-refractivity contribution in [2.24, 2.45) is 0 Å². The van der Waals surface area contributed by atoms with Gasteiger partial charge in [0.1, 0.15) is 11.3 Å². The highest BCUT2D eigenvalue weighted by Gasteiger charge is 2.47. The van der Waals surface area contributed by atoms with Gasteiger partial charge >= 0.3 is 0 Å². The highest BCUT2D eigenvalue weighted by Crippen LogP contribution is 2.33. The molecule has 0 unspecified atom stereocenters. The number of amides is 1. The van der Waals surface area contributed by atoms with Gasteiger partial charge in [-0.2, -0.15) is 0 Å². The van der Waals surface area contributed by atoms with Crippen LogP contribution in [0.4, 0.5) is 0 Å². The first kappa shape index (κ1) is 15.0. The van der Waals surface area contributed by atoms with E-state index in [4.69, 9.17) is 0 Å². The van der Waals surface area contributed by atoms with Crippen LogP contribution >= 0.6 is 0 Å². The van der Waals surface area contributed by atoms with E-state index in [2.05, 4.69) is 6.92 Å². The molecule has 0 saturated carbocycles. The van der Waals surface area contributed by atoms with Crippen LogP contribution < -0.4 is 0 Å². The number of carbonyl (C=O) groups is 2. The number of hydrogen-bond acceptors (Lipinski definition) is 4. The number of aliphatic hydroxyl groups is 2. The molecule has 5 nitrogen and oxygen atoms in total. The Bertz CT molecular complexity index is 430. The summed E-state index contributed by atoms with van der Waals surface area (Å²) >= 11 is 0. The van der Waals surface area contributed by atoms with E-state index in [1.807, 2.05) is 0 Å². The topological polar surface area (TPSA) is 77.8 Å². The Balaban J connectivity index is 1.91. The molecule has 2 aliphatic heterocycles. The summed E-state index contributed by atoms with van der Waals surface area (Å²) in [6, 6.07) is -0.489. The summed E-state index contributed by atoms with van der Waals surface area (Å²) in [6.45, 7) is 2.34. The summed E-state index contributed by atoms with van der Waals surface area (Å²) in [7, 11) is 0. The predicted octanol–water partition coefficient (Wildman–Crippen LogP) is 1.70. The van der Waals surface area contributed by atoms with E-state index in [0.29, 0.717) is 12.8 Å². The lowest BCUT2D eigenvalue weighted by atomic mass is 10.0. The smallest absolute Gasteiger partial charge is 0.261 e. The maximum absolute atomic E-state index is 12.1. The molecular formula is C15H23NO4. The SMILES string of the molecule is CCCCCCCC(=O)C1=C(O)[C@@H]2C[C@@H](O)CN2C1=O. The molecule has 2 aliphatic rings. The fourth-order valence-corrected chi connectivity index (χ4v) is 2.99. The average molecular weight is 281 g/mol. The van der Waals surface area contributed by atoms with Crippen molar-refractivity contribution in [2.75, 3.05) is 6.54 Å². The zero-order chi connectivity index (χ0) is 14.7. The number of nitrogens with zero attached hydrogens (tertiary/aromatic N) is 1. The molecule has 0 aliphatic carbocycles. The van der Waals surface area contributed by atoms with E-state index >= 15 is 0 Å². The van der Waals surface area contributed by atoms with Crippen molar-refractivity contribution in [3.05, 3.63) is 11.3 Å². The molecule has 5 heteroatoms. The van der Waals surface area contributed by atoms with Crippen LogP contribution in [0.3, 0.4) is 0 Å². The molecule has 1 amide bonds. The minimum Gasteiger partial charge on any atom is -0.509 e. The second-order valence-corrected chi connectivity index (χ2v) is 5.71. The van der Waals surface area contributed by atoms with E-state index < -0.39 is 18.1 Å². The van der Waals surface area contributed by atoms with E-state index in [-0.39, 0.29) is 23.7 Å². The van der Waals surface area contributed by atoms with Crippen LogP contribution in [0.25, 0.3) is 0 Å². The second kappa shape index (κ2) is 6.39. The number of carbonyl (C=O) groups excluding carboxylic acids is 2. The Morgan fingerprint density at radius 1 is 1.30 bits per heavy atom. The van der Waals surface area contributed by atoms with Crippen LogP contribution in [0.5, 0.6) is 0 Å². The van der Waals surface area contributed by atoms with Gasteiger partial charge in [0.05, 0.1) is 12.1 Å². The standard InChI is InChI=1S/C15H23NO4/c1-2-3-4-5-6-7-12(18)13-14(19)11-8-10(17)9-16(11)15(13)20/h10-11,17,19H,2-9H2,1H3/t10-,11+/m1/s1. The summed E-state index contributed by atoms with van der Waals surface area (Å²) < 4.78 is 0. The molecule has 0 aromatic rings. The molecule has 20 heavy (non-hydrogen) atoms. The number of rotatable bonds is 7. The van der Waals surface area contributed by atoms with E-state index in [1.54, 1.807) is 0 Å². The van der Waals surface area contributed by atoms with Gasteiger partial charge in [-0.3, -0.25) is 9.59 Å². The first-order chi connectivity index (χ1) is 9.56. The third kappa shape index (κ3) is 2.87. The molecule has 0 aromatic carbocycles. The average Bonchev–Trinajstić information content (AvgIpc) is 2.89. The molecule has 0 bridgehead atoms. The maximum atomic E-state index is 12.1. The van der Waals surface area contributed by atoms with Crippen LogP contribution in [0.15, 0.2) is 11.3 Å². The largest absolute Gasteiger partial charge is 0.509 e. The molecule has 2 heterocycles. The molecule has 2 rings (SSSR count). The summed E-state index contributed by atoms with van der Waals surface area (Å²) in [5, 5.41) is 19.6. The number of hydrogen-bond donors (Lipinski definition) is 2. The van der Waals surface area contributed by atoms with Crippen LogP contribution in [-0.2, 0) is 9.59 Å². The third-order valence-electron chi connectivity index (χ3n) is 4.11. The van der Waals surface area contributed by atoms with E-state index in [0.717, 1.165) is 32.1 Å². The van der Waals surface area contributed by atoms with Gasteiger partial charge in [0.2, 0.25) is 0 Å². The van der Waals surface area contributed by atoms with Gasteiger partial charge in [-0.25, -0.2) is 0 Å². The van der Waals surface area contributed by atoms with Crippen LogP contribution in [0.1, 0.15) is 51.9 Å². The van der Waals surface area contributed by atoms with Gasteiger partial charge in [-0.1, -0.05) is 32.6 Å². The molecule has 0 radical (unpaired) electrons. The monoisotopic (exact) mass is 281 g/mol. The molecular weight excluding hydrogens is 258 g/mol. The molecule has 1 saturated heterocycles. The summed E-state index contributed by atoms with van der Waals surface area (Å²) in [6.07, 6.45) is 5.19. The Labute approximate surface area is 119 Å². The van der Waals surface area contributed by atoms with Crippen LogP contribution in [0.2, 0.25) is 0 Å². The van der Waals surface area contributed by atoms with Crippen molar-refractivity contribution in [1.29, 1.82) is 0 Å². The third-order valence-corrected chi connectivity index (χ3v) is 4.11. The van der Waals surface area contributed by atoms with Gasteiger partial charge < -0.3 is 15.1 Å². The van der Waals surface area contributed by atoms with Crippen molar-refractivity contribution in [2.45, 2.75) is 64.0 Å².